The van der Waals surface area contributed by atoms with Crippen LogP contribution in [0.3, 0.4) is 0 Å². The van der Waals surface area contributed by atoms with Crippen LogP contribution in [0.15, 0.2) is 16.8 Å². The van der Waals surface area contributed by atoms with Crippen LogP contribution in [-0.4, -0.2) is 51.5 Å². The molecule has 0 spiro atoms. The highest BCUT2D eigenvalue weighted by Gasteiger charge is 2.18. The van der Waals surface area contributed by atoms with Crippen molar-refractivity contribution in [2.45, 2.75) is 45.8 Å². The molecule has 0 aliphatic carbocycles. The number of nitrogens with two attached hydrogens (primary N) is 1. The number of allylic oxidation sites excluding steroid dienone is 1. The Morgan fingerprint density at radius 1 is 1.56 bits per heavy atom. The quantitative estimate of drug-likeness (QED) is 0.376. The number of nitrogen functional groups attached to an aromatic ring is 1. The summed E-state index contributed by atoms with van der Waals surface area (Å²) in [5, 5.41) is 9.39. The van der Waals surface area contributed by atoms with E-state index in [-0.39, 0.29) is 19.0 Å². The predicted octanol–water partition coefficient (Wildman–Crippen LogP) is -0.496. The molecule has 2 rings (SSSR count). The number of ether oxygens (including phenoxy) is 1. The van der Waals surface area contributed by atoms with E-state index in [1.54, 1.807) is 39.6 Å². The lowest BCUT2D eigenvalue weighted by atomic mass is 10.2. The van der Waals surface area contributed by atoms with Gasteiger partial charge < -0.3 is 32.9 Å². The van der Waals surface area contributed by atoms with Crippen molar-refractivity contribution in [3.05, 3.63) is 28.2 Å². The van der Waals surface area contributed by atoms with Gasteiger partial charge in [-0.2, -0.15) is 0 Å². The van der Waals surface area contributed by atoms with Crippen LogP contribution >= 0.6 is 21.6 Å². The normalized spacial score (nSPS) is 17.2. The molecule has 1 aromatic heterocycles. The molecular formula is C17H26ClN4O3S2-. The molecule has 1 atom stereocenters. The number of aromatic nitrogens is 2. The number of rotatable bonds is 10. The second-order valence-electron chi connectivity index (χ2n) is 6.05. The third kappa shape index (κ3) is 7.50. The van der Waals surface area contributed by atoms with Crippen molar-refractivity contribution in [3.8, 4) is 0 Å². The van der Waals surface area contributed by atoms with Gasteiger partial charge in [0.15, 0.2) is 0 Å². The van der Waals surface area contributed by atoms with Crippen LogP contribution in [0, 0.1) is 6.92 Å². The number of hydrogen-bond donors (Lipinski definition) is 2. The molecule has 1 aliphatic heterocycles. The number of aliphatic hydroxyl groups excluding tert-OH is 1. The maximum atomic E-state index is 11.6. The molecule has 1 unspecified atom stereocenters. The lowest BCUT2D eigenvalue weighted by molar-refractivity contribution is -0.116. The Labute approximate surface area is 174 Å². The summed E-state index contributed by atoms with van der Waals surface area (Å²) >= 11 is 0. The van der Waals surface area contributed by atoms with Gasteiger partial charge in [0.05, 0.1) is 12.6 Å². The van der Waals surface area contributed by atoms with Crippen LogP contribution in [-0.2, 0) is 16.1 Å². The summed E-state index contributed by atoms with van der Waals surface area (Å²) in [6.45, 7) is 4.82. The van der Waals surface area contributed by atoms with Gasteiger partial charge in [0.1, 0.15) is 11.6 Å². The fourth-order valence-electron chi connectivity index (χ4n) is 2.55. The first-order chi connectivity index (χ1) is 12.5. The molecule has 0 bridgehead atoms. The van der Waals surface area contributed by atoms with E-state index >= 15 is 0 Å². The number of anilines is 1. The number of hydrogen-bond acceptors (Lipinski definition) is 8. The van der Waals surface area contributed by atoms with Gasteiger partial charge in [-0.05, 0) is 26.7 Å². The summed E-state index contributed by atoms with van der Waals surface area (Å²) in [6, 6.07) is 0. The van der Waals surface area contributed by atoms with Gasteiger partial charge in [-0.1, -0.05) is 21.6 Å². The standard InChI is InChI=1S/C17H26N4O3S2.ClH/c1-12(16(5-6-22)26-25-10-15-4-3-7-24-15)21(11-23)9-14-8-19-13(2)20-17(14)18;/h8,11,15,22H,3-7,9-10H2,1-2H3,(H2,18,19,20);1H/p-1/b16-12+;. The van der Waals surface area contributed by atoms with E-state index < -0.39 is 0 Å². The molecule has 0 saturated carbocycles. The molecule has 152 valence electrons. The van der Waals surface area contributed by atoms with Crippen molar-refractivity contribution in [2.75, 3.05) is 24.7 Å². The molecule has 3 N–H and O–H groups in total. The van der Waals surface area contributed by atoms with Crippen LogP contribution in [0.2, 0.25) is 0 Å². The molecule has 1 fully saturated rings. The van der Waals surface area contributed by atoms with E-state index in [4.69, 9.17) is 10.5 Å². The lowest BCUT2D eigenvalue weighted by Crippen LogP contribution is -3.00. The van der Waals surface area contributed by atoms with Crippen molar-refractivity contribution in [1.29, 1.82) is 0 Å². The highest BCUT2D eigenvalue weighted by atomic mass is 35.5. The van der Waals surface area contributed by atoms with Gasteiger partial charge in [-0.3, -0.25) is 4.79 Å². The van der Waals surface area contributed by atoms with E-state index in [1.165, 1.54) is 0 Å². The largest absolute Gasteiger partial charge is 1.00 e. The fraction of sp³-hybridized carbons (Fsp3) is 0.588. The van der Waals surface area contributed by atoms with Crippen LogP contribution < -0.4 is 18.1 Å². The molecule has 1 aromatic rings. The minimum absolute atomic E-state index is 0. The lowest BCUT2D eigenvalue weighted by Gasteiger charge is -2.22. The molecule has 2 heterocycles. The maximum absolute atomic E-state index is 11.6. The third-order valence-corrected chi connectivity index (χ3v) is 6.79. The molecule has 7 nitrogen and oxygen atoms in total. The van der Waals surface area contributed by atoms with E-state index in [0.717, 1.165) is 42.2 Å². The first-order valence-electron chi connectivity index (χ1n) is 8.56. The van der Waals surface area contributed by atoms with Crippen molar-refractivity contribution < 1.29 is 27.0 Å². The Kier molecular flexibility index (Phi) is 11.1. The van der Waals surface area contributed by atoms with Gasteiger partial charge in [0, 0.05) is 47.7 Å². The number of carbonyl (C=O) groups is 1. The first-order valence-corrected chi connectivity index (χ1v) is 10.9. The second kappa shape index (κ2) is 12.5. The summed E-state index contributed by atoms with van der Waals surface area (Å²) in [6.07, 6.45) is 5.43. The molecule has 27 heavy (non-hydrogen) atoms. The highest BCUT2D eigenvalue weighted by molar-refractivity contribution is 8.78. The van der Waals surface area contributed by atoms with Crippen molar-refractivity contribution in [1.82, 2.24) is 14.9 Å². The van der Waals surface area contributed by atoms with Crippen LogP contribution in [0.1, 0.15) is 37.6 Å². The molecule has 0 radical (unpaired) electrons. The summed E-state index contributed by atoms with van der Waals surface area (Å²) < 4.78 is 5.63. The SMILES string of the molecule is C/C(=C(/CCO)SSCC1CCCO1)N(C=O)Cc1cnc(C)nc1N.[Cl-]. The van der Waals surface area contributed by atoms with E-state index in [9.17, 15) is 9.90 Å². The minimum Gasteiger partial charge on any atom is -1.00 e. The van der Waals surface area contributed by atoms with Crippen LogP contribution in [0.4, 0.5) is 5.82 Å². The van der Waals surface area contributed by atoms with Crippen molar-refractivity contribution in [3.63, 3.8) is 0 Å². The van der Waals surface area contributed by atoms with Gasteiger partial charge >= 0.3 is 0 Å². The molecule has 1 saturated heterocycles. The van der Waals surface area contributed by atoms with E-state index in [1.807, 2.05) is 6.92 Å². The zero-order valence-electron chi connectivity index (χ0n) is 15.6. The third-order valence-electron chi connectivity index (χ3n) is 4.10. The Hall–Kier alpha value is -1.00. The zero-order valence-corrected chi connectivity index (χ0v) is 17.9. The van der Waals surface area contributed by atoms with Gasteiger partial charge in [0.2, 0.25) is 6.41 Å². The number of amides is 1. The number of halogens is 1. The summed E-state index contributed by atoms with van der Waals surface area (Å²) in [4.78, 5) is 22.5. The average Bonchev–Trinajstić information content (AvgIpc) is 3.13. The van der Waals surface area contributed by atoms with Crippen molar-refractivity contribution >= 4 is 33.8 Å². The summed E-state index contributed by atoms with van der Waals surface area (Å²) in [7, 11) is 3.29. The molecule has 1 aliphatic rings. The second-order valence-corrected chi connectivity index (χ2v) is 8.48. The Balaban J connectivity index is 0.00000364. The number of nitrogens with zero attached hydrogens (tertiary/aromatic N) is 3. The highest BCUT2D eigenvalue weighted by Crippen LogP contribution is 2.37. The van der Waals surface area contributed by atoms with Crippen molar-refractivity contribution in [2.24, 2.45) is 0 Å². The molecule has 0 aromatic carbocycles. The summed E-state index contributed by atoms with van der Waals surface area (Å²) in [5.41, 5.74) is 7.44. The van der Waals surface area contributed by atoms with Gasteiger partial charge in [-0.15, -0.1) is 0 Å². The molecule has 1 amide bonds. The van der Waals surface area contributed by atoms with E-state index in [0.29, 0.717) is 36.3 Å². The van der Waals surface area contributed by atoms with Crippen LogP contribution in [0.25, 0.3) is 0 Å². The molecular weight excluding hydrogens is 408 g/mol. The Morgan fingerprint density at radius 3 is 2.93 bits per heavy atom. The number of aryl methyl sites for hydroxylation is 1. The smallest absolute Gasteiger partial charge is 0.214 e. The Bertz CT molecular complexity index is 643. The van der Waals surface area contributed by atoms with Gasteiger partial charge in [0.25, 0.3) is 0 Å². The minimum atomic E-state index is 0. The first kappa shape index (κ1) is 24.0. The monoisotopic (exact) mass is 433 g/mol. The topological polar surface area (TPSA) is 102 Å². The fourth-order valence-corrected chi connectivity index (χ4v) is 5.29. The average molecular weight is 434 g/mol. The number of aliphatic hydroxyl groups is 1. The summed E-state index contributed by atoms with van der Waals surface area (Å²) in [5.74, 6) is 1.87. The van der Waals surface area contributed by atoms with Crippen LogP contribution in [0.5, 0.6) is 0 Å². The Morgan fingerprint density at radius 2 is 2.33 bits per heavy atom. The predicted molar refractivity (Wildman–Crippen MR) is 106 cm³/mol. The number of carbonyl (C=O) groups excluding carboxylic acids is 1. The zero-order chi connectivity index (χ0) is 18.9. The maximum Gasteiger partial charge on any atom is 0.214 e. The van der Waals surface area contributed by atoms with Gasteiger partial charge in [-0.25, -0.2) is 9.97 Å². The molecule has 10 heteroatoms. The van der Waals surface area contributed by atoms with E-state index in [2.05, 4.69) is 9.97 Å².